The second-order valence-corrected chi connectivity index (χ2v) is 7.98. The Labute approximate surface area is 190 Å². The number of amides is 2. The van der Waals surface area contributed by atoms with Gasteiger partial charge >= 0.3 is 0 Å². The van der Waals surface area contributed by atoms with Gasteiger partial charge in [-0.1, -0.05) is 48.0 Å². The Morgan fingerprint density at radius 2 is 1.67 bits per heavy atom. The first kappa shape index (κ1) is 22.0. The highest BCUT2D eigenvalue weighted by Gasteiger charge is 2.22. The van der Waals surface area contributed by atoms with Gasteiger partial charge in [0, 0.05) is 17.9 Å². The molecule has 2 aromatic carbocycles. The van der Waals surface area contributed by atoms with Crippen LogP contribution in [0.1, 0.15) is 32.7 Å². The number of anilines is 1. The van der Waals surface area contributed by atoms with Gasteiger partial charge in [-0.25, -0.2) is 4.68 Å². The van der Waals surface area contributed by atoms with E-state index < -0.39 is 5.56 Å². The van der Waals surface area contributed by atoms with Gasteiger partial charge < -0.3 is 10.6 Å². The minimum atomic E-state index is -0.432. The molecular weight excluding hydrogens is 418 g/mol. The zero-order valence-corrected chi connectivity index (χ0v) is 18.8. The molecule has 0 aliphatic carbocycles. The lowest BCUT2D eigenvalue weighted by Gasteiger charge is -2.07. The summed E-state index contributed by atoms with van der Waals surface area (Å²) in [5.41, 5.74) is 4.28. The molecule has 0 bridgehead atoms. The third-order valence-corrected chi connectivity index (χ3v) is 5.59. The summed E-state index contributed by atoms with van der Waals surface area (Å²) < 4.78 is 2.71. The molecule has 0 aliphatic heterocycles. The van der Waals surface area contributed by atoms with Crippen LogP contribution in [0, 0.1) is 20.8 Å². The van der Waals surface area contributed by atoms with Crippen LogP contribution in [-0.4, -0.2) is 26.0 Å². The number of para-hydroxylation sites is 1. The van der Waals surface area contributed by atoms with Crippen molar-refractivity contribution in [1.82, 2.24) is 19.5 Å². The van der Waals surface area contributed by atoms with Crippen LogP contribution in [0.3, 0.4) is 0 Å². The van der Waals surface area contributed by atoms with E-state index in [1.165, 1.54) is 6.33 Å². The molecule has 168 valence electrons. The molecule has 0 atom stereocenters. The number of nitrogens with zero attached hydrogens (tertiary/aromatic N) is 3. The molecule has 0 saturated carbocycles. The summed E-state index contributed by atoms with van der Waals surface area (Å²) in [4.78, 5) is 38.5. The first-order valence-electron chi connectivity index (χ1n) is 10.6. The van der Waals surface area contributed by atoms with Gasteiger partial charge in [-0.15, -0.1) is 0 Å². The summed E-state index contributed by atoms with van der Waals surface area (Å²) >= 11 is 0. The fourth-order valence-electron chi connectivity index (χ4n) is 3.84. The molecule has 2 amide bonds. The quantitative estimate of drug-likeness (QED) is 0.479. The van der Waals surface area contributed by atoms with Crippen molar-refractivity contribution in [2.75, 3.05) is 5.32 Å². The zero-order chi connectivity index (χ0) is 23.5. The maximum atomic E-state index is 13.1. The van der Waals surface area contributed by atoms with Gasteiger partial charge in [-0.3, -0.25) is 18.8 Å². The van der Waals surface area contributed by atoms with Crippen LogP contribution in [0.5, 0.6) is 0 Å². The Balaban J connectivity index is 1.57. The minimum absolute atomic E-state index is 0.233. The van der Waals surface area contributed by atoms with Crippen molar-refractivity contribution < 1.29 is 9.59 Å². The highest BCUT2D eigenvalue weighted by atomic mass is 16.2. The third kappa shape index (κ3) is 4.55. The lowest BCUT2D eigenvalue weighted by molar-refractivity contribution is -0.117. The van der Waals surface area contributed by atoms with E-state index in [-0.39, 0.29) is 18.4 Å². The molecule has 2 aromatic heterocycles. The highest BCUT2D eigenvalue weighted by molar-refractivity contribution is 5.99. The van der Waals surface area contributed by atoms with Gasteiger partial charge in [0.05, 0.1) is 5.56 Å². The average Bonchev–Trinajstić information content (AvgIpc) is 3.06. The summed E-state index contributed by atoms with van der Waals surface area (Å²) in [5, 5.41) is 9.81. The van der Waals surface area contributed by atoms with Crippen molar-refractivity contribution in [3.05, 3.63) is 99.2 Å². The van der Waals surface area contributed by atoms with Crippen LogP contribution in [0.4, 0.5) is 5.69 Å². The van der Waals surface area contributed by atoms with E-state index in [9.17, 15) is 14.4 Å². The summed E-state index contributed by atoms with van der Waals surface area (Å²) in [7, 11) is 0. The molecule has 4 rings (SSSR count). The standard InChI is InChI=1S/C25H25N5O3/c1-16-9-11-19(12-10-16)13-26-24(32)22-17(2)23-25(33)30(27-15-29(23)18(22)3)14-21(31)28-20-7-5-4-6-8-20/h4-12,15H,13-14H2,1-3H3,(H,26,32)(H,28,31). The number of rotatable bonds is 6. The summed E-state index contributed by atoms with van der Waals surface area (Å²) in [6.45, 7) is 5.66. The van der Waals surface area contributed by atoms with Gasteiger partial charge in [-0.2, -0.15) is 5.10 Å². The molecule has 2 heterocycles. The summed E-state index contributed by atoms with van der Waals surface area (Å²) in [6, 6.07) is 16.9. The van der Waals surface area contributed by atoms with Gasteiger partial charge in [-0.05, 0) is 44.0 Å². The van der Waals surface area contributed by atoms with Crippen LogP contribution < -0.4 is 16.2 Å². The van der Waals surface area contributed by atoms with Crippen molar-refractivity contribution in [2.24, 2.45) is 0 Å². The number of carbonyl (C=O) groups is 2. The monoisotopic (exact) mass is 443 g/mol. The molecule has 8 nitrogen and oxygen atoms in total. The van der Waals surface area contributed by atoms with Crippen LogP contribution in [0.2, 0.25) is 0 Å². The lowest BCUT2D eigenvalue weighted by Crippen LogP contribution is -2.30. The van der Waals surface area contributed by atoms with E-state index >= 15 is 0 Å². The number of benzene rings is 2. The normalized spacial score (nSPS) is 10.9. The minimum Gasteiger partial charge on any atom is -0.348 e. The molecule has 8 heteroatoms. The van der Waals surface area contributed by atoms with Gasteiger partial charge in [0.2, 0.25) is 5.91 Å². The molecule has 0 saturated heterocycles. The van der Waals surface area contributed by atoms with Crippen LogP contribution in [0.25, 0.3) is 5.52 Å². The van der Waals surface area contributed by atoms with Crippen molar-refractivity contribution in [3.63, 3.8) is 0 Å². The largest absolute Gasteiger partial charge is 0.348 e. The van der Waals surface area contributed by atoms with Crippen molar-refractivity contribution in [3.8, 4) is 0 Å². The van der Waals surface area contributed by atoms with Gasteiger partial charge in [0.1, 0.15) is 18.4 Å². The van der Waals surface area contributed by atoms with E-state index in [0.29, 0.717) is 34.6 Å². The summed E-state index contributed by atoms with van der Waals surface area (Å²) in [5.74, 6) is -0.626. The Kier molecular flexibility index (Phi) is 6.08. The smallest absolute Gasteiger partial charge is 0.291 e. The second kappa shape index (κ2) is 9.12. The fourth-order valence-corrected chi connectivity index (χ4v) is 3.84. The predicted octanol–water partition coefficient (Wildman–Crippen LogP) is 2.99. The molecule has 4 aromatic rings. The highest BCUT2D eigenvalue weighted by Crippen LogP contribution is 2.20. The molecule has 0 unspecified atom stereocenters. The van der Waals surface area contributed by atoms with Crippen LogP contribution >= 0.6 is 0 Å². The number of aromatic nitrogens is 3. The Hall–Kier alpha value is -4.20. The molecule has 0 radical (unpaired) electrons. The van der Waals surface area contributed by atoms with E-state index in [1.54, 1.807) is 30.4 Å². The molecule has 2 N–H and O–H groups in total. The van der Waals surface area contributed by atoms with E-state index in [2.05, 4.69) is 15.7 Å². The molecular formula is C25H25N5O3. The maximum Gasteiger partial charge on any atom is 0.291 e. The SMILES string of the molecule is Cc1ccc(CNC(=O)c2c(C)c3c(=O)n(CC(=O)Nc4ccccc4)ncn3c2C)cc1. The molecule has 0 spiro atoms. The van der Waals surface area contributed by atoms with Crippen LogP contribution in [-0.2, 0) is 17.9 Å². The molecule has 0 fully saturated rings. The number of fused-ring (bicyclic) bond motifs is 1. The molecule has 0 aliphatic rings. The van der Waals surface area contributed by atoms with E-state index in [0.717, 1.165) is 15.8 Å². The number of hydrogen-bond donors (Lipinski definition) is 2. The first-order chi connectivity index (χ1) is 15.8. The van der Waals surface area contributed by atoms with Crippen LogP contribution in [0.15, 0.2) is 65.7 Å². The Morgan fingerprint density at radius 1 is 0.970 bits per heavy atom. The average molecular weight is 444 g/mol. The Morgan fingerprint density at radius 3 is 2.36 bits per heavy atom. The van der Waals surface area contributed by atoms with E-state index in [4.69, 9.17) is 0 Å². The maximum absolute atomic E-state index is 13.1. The third-order valence-electron chi connectivity index (χ3n) is 5.59. The zero-order valence-electron chi connectivity index (χ0n) is 18.8. The Bertz CT molecular complexity index is 1390. The van der Waals surface area contributed by atoms with Crippen molar-refractivity contribution in [2.45, 2.75) is 33.9 Å². The predicted molar refractivity (Wildman–Crippen MR) is 126 cm³/mol. The fraction of sp³-hybridized carbons (Fsp3) is 0.200. The van der Waals surface area contributed by atoms with Crippen molar-refractivity contribution in [1.29, 1.82) is 0 Å². The number of hydrogen-bond acceptors (Lipinski definition) is 4. The number of nitrogens with one attached hydrogen (secondary N) is 2. The molecule has 33 heavy (non-hydrogen) atoms. The first-order valence-corrected chi connectivity index (χ1v) is 10.6. The second-order valence-electron chi connectivity index (χ2n) is 7.98. The number of aryl methyl sites for hydroxylation is 3. The topological polar surface area (TPSA) is 97.5 Å². The summed E-state index contributed by atoms with van der Waals surface area (Å²) in [6.07, 6.45) is 1.46. The van der Waals surface area contributed by atoms with Gasteiger partial charge in [0.25, 0.3) is 11.5 Å². The van der Waals surface area contributed by atoms with E-state index in [1.807, 2.05) is 49.4 Å². The van der Waals surface area contributed by atoms with Gasteiger partial charge in [0.15, 0.2) is 0 Å². The number of carbonyl (C=O) groups excluding carboxylic acids is 2. The lowest BCUT2D eigenvalue weighted by atomic mass is 10.1. The van der Waals surface area contributed by atoms with Crippen molar-refractivity contribution >= 4 is 23.0 Å².